The SMILES string of the molecule is CC(=O)C(Br)c1ccc(S)cc1S. The molecule has 0 amide bonds. The number of carbonyl (C=O) groups excluding carboxylic acids is 1. The number of carbonyl (C=O) groups is 1. The van der Waals surface area contributed by atoms with Crippen LogP contribution in [0.3, 0.4) is 0 Å². The Morgan fingerprint density at radius 3 is 2.54 bits per heavy atom. The summed E-state index contributed by atoms with van der Waals surface area (Å²) in [7, 11) is 0. The van der Waals surface area contributed by atoms with Gasteiger partial charge in [-0.1, -0.05) is 22.0 Å². The van der Waals surface area contributed by atoms with Crippen molar-refractivity contribution in [3.63, 3.8) is 0 Å². The molecule has 0 aliphatic rings. The van der Waals surface area contributed by atoms with Crippen molar-refractivity contribution in [2.24, 2.45) is 0 Å². The van der Waals surface area contributed by atoms with Crippen molar-refractivity contribution < 1.29 is 4.79 Å². The second kappa shape index (κ2) is 4.53. The predicted octanol–water partition coefficient (Wildman–Crippen LogP) is 3.29. The summed E-state index contributed by atoms with van der Waals surface area (Å²) in [5.74, 6) is 0.0715. The summed E-state index contributed by atoms with van der Waals surface area (Å²) in [5, 5.41) is 0. The van der Waals surface area contributed by atoms with Crippen LogP contribution in [0, 0.1) is 0 Å². The Morgan fingerprint density at radius 1 is 1.46 bits per heavy atom. The maximum Gasteiger partial charge on any atom is 0.147 e. The van der Waals surface area contributed by atoms with Crippen LogP contribution in [0.5, 0.6) is 0 Å². The van der Waals surface area contributed by atoms with E-state index in [9.17, 15) is 4.79 Å². The average Bonchev–Trinajstić information content (AvgIpc) is 2.03. The predicted molar refractivity (Wildman–Crippen MR) is 63.3 cm³/mol. The van der Waals surface area contributed by atoms with Gasteiger partial charge in [0.25, 0.3) is 0 Å². The highest BCUT2D eigenvalue weighted by atomic mass is 79.9. The number of halogens is 1. The lowest BCUT2D eigenvalue weighted by atomic mass is 10.1. The minimum Gasteiger partial charge on any atom is -0.298 e. The molecule has 0 saturated heterocycles. The zero-order chi connectivity index (χ0) is 10.0. The van der Waals surface area contributed by atoms with E-state index in [1.54, 1.807) is 6.92 Å². The van der Waals surface area contributed by atoms with E-state index in [2.05, 4.69) is 41.2 Å². The Bertz CT molecular complexity index is 338. The molecule has 1 rings (SSSR count). The molecule has 0 heterocycles. The third-order valence-electron chi connectivity index (χ3n) is 1.64. The van der Waals surface area contributed by atoms with Crippen LogP contribution in [0.4, 0.5) is 0 Å². The van der Waals surface area contributed by atoms with Gasteiger partial charge >= 0.3 is 0 Å². The molecule has 0 aliphatic heterocycles. The lowest BCUT2D eigenvalue weighted by molar-refractivity contribution is -0.116. The smallest absolute Gasteiger partial charge is 0.147 e. The Labute approximate surface area is 96.9 Å². The molecule has 1 atom stereocenters. The van der Waals surface area contributed by atoms with Crippen LogP contribution < -0.4 is 0 Å². The van der Waals surface area contributed by atoms with Gasteiger partial charge in [0.1, 0.15) is 5.78 Å². The van der Waals surface area contributed by atoms with Gasteiger partial charge in [-0.2, -0.15) is 0 Å². The minimum atomic E-state index is -0.270. The van der Waals surface area contributed by atoms with Crippen LogP contribution >= 0.6 is 41.2 Å². The molecule has 13 heavy (non-hydrogen) atoms. The second-order valence-corrected chi connectivity index (χ2v) is 4.63. The molecule has 70 valence electrons. The zero-order valence-corrected chi connectivity index (χ0v) is 10.4. The van der Waals surface area contributed by atoms with E-state index < -0.39 is 0 Å². The van der Waals surface area contributed by atoms with Crippen LogP contribution in [0.2, 0.25) is 0 Å². The van der Waals surface area contributed by atoms with Gasteiger partial charge in [-0.25, -0.2) is 0 Å². The lowest BCUT2D eigenvalue weighted by Crippen LogP contribution is -2.01. The highest BCUT2D eigenvalue weighted by Crippen LogP contribution is 2.30. The Balaban J connectivity index is 3.08. The molecule has 0 spiro atoms. The van der Waals surface area contributed by atoms with Crippen molar-refractivity contribution in [3.05, 3.63) is 23.8 Å². The van der Waals surface area contributed by atoms with Crippen molar-refractivity contribution in [2.75, 3.05) is 0 Å². The third kappa shape index (κ3) is 2.76. The van der Waals surface area contributed by atoms with Gasteiger partial charge in [0, 0.05) is 9.79 Å². The van der Waals surface area contributed by atoms with Gasteiger partial charge < -0.3 is 0 Å². The summed E-state index contributed by atoms with van der Waals surface area (Å²) in [6.07, 6.45) is 0. The van der Waals surface area contributed by atoms with Crippen molar-refractivity contribution >= 4 is 47.0 Å². The zero-order valence-electron chi connectivity index (χ0n) is 6.99. The molecule has 0 fully saturated rings. The number of benzene rings is 1. The van der Waals surface area contributed by atoms with Crippen molar-refractivity contribution in [2.45, 2.75) is 21.5 Å². The van der Waals surface area contributed by atoms with Crippen molar-refractivity contribution in [1.82, 2.24) is 0 Å². The highest BCUT2D eigenvalue weighted by Gasteiger charge is 2.14. The van der Waals surface area contributed by atoms with Crippen LogP contribution in [0.1, 0.15) is 17.3 Å². The first-order chi connectivity index (χ1) is 6.02. The van der Waals surface area contributed by atoms with Crippen LogP contribution in [0.25, 0.3) is 0 Å². The molecule has 4 heteroatoms. The Morgan fingerprint density at radius 2 is 2.08 bits per heavy atom. The largest absolute Gasteiger partial charge is 0.298 e. The molecule has 1 aromatic rings. The fraction of sp³-hybridized carbons (Fsp3) is 0.222. The average molecular weight is 277 g/mol. The molecule has 1 aromatic carbocycles. The molecule has 0 aromatic heterocycles. The van der Waals surface area contributed by atoms with Gasteiger partial charge in [-0.05, 0) is 24.6 Å². The van der Waals surface area contributed by atoms with E-state index in [1.807, 2.05) is 18.2 Å². The van der Waals surface area contributed by atoms with Gasteiger partial charge in [0.2, 0.25) is 0 Å². The first kappa shape index (κ1) is 11.1. The number of hydrogen-bond acceptors (Lipinski definition) is 3. The number of hydrogen-bond donors (Lipinski definition) is 2. The number of thiol groups is 2. The van der Waals surface area contributed by atoms with E-state index in [4.69, 9.17) is 0 Å². The molecule has 1 nitrogen and oxygen atoms in total. The summed E-state index contributed by atoms with van der Waals surface area (Å²) in [4.78, 5) is 12.4. The summed E-state index contributed by atoms with van der Waals surface area (Å²) in [6.45, 7) is 1.54. The number of alkyl halides is 1. The molecule has 0 aliphatic carbocycles. The van der Waals surface area contributed by atoms with Gasteiger partial charge in [-0.3, -0.25) is 4.79 Å². The molecule has 0 saturated carbocycles. The third-order valence-corrected chi connectivity index (χ3v) is 3.45. The molecule has 0 N–H and O–H groups in total. The van der Waals surface area contributed by atoms with Crippen molar-refractivity contribution in [1.29, 1.82) is 0 Å². The van der Waals surface area contributed by atoms with Gasteiger partial charge in [0.05, 0.1) is 4.83 Å². The topological polar surface area (TPSA) is 17.1 Å². The van der Waals surface area contributed by atoms with E-state index in [0.717, 1.165) is 15.4 Å². The number of ketones is 1. The van der Waals surface area contributed by atoms with E-state index >= 15 is 0 Å². The normalized spacial score (nSPS) is 12.6. The van der Waals surface area contributed by atoms with Gasteiger partial charge in [0.15, 0.2) is 0 Å². The standard InChI is InChI=1S/C9H9BrOS2/c1-5(11)9(10)7-3-2-6(12)4-8(7)13/h2-4,9,12-13H,1H3. The van der Waals surface area contributed by atoms with Gasteiger partial charge in [-0.15, -0.1) is 25.3 Å². The summed E-state index contributed by atoms with van der Waals surface area (Å²) in [5.41, 5.74) is 0.883. The maximum absolute atomic E-state index is 11.1. The van der Waals surface area contributed by atoms with Crippen LogP contribution in [-0.2, 0) is 4.79 Å². The first-order valence-electron chi connectivity index (χ1n) is 3.68. The van der Waals surface area contributed by atoms with Crippen LogP contribution in [-0.4, -0.2) is 5.78 Å². The Kier molecular flexibility index (Phi) is 3.88. The second-order valence-electron chi connectivity index (χ2n) is 2.72. The quantitative estimate of drug-likeness (QED) is 0.626. The molecular weight excluding hydrogens is 268 g/mol. The van der Waals surface area contributed by atoms with E-state index in [0.29, 0.717) is 0 Å². The van der Waals surface area contributed by atoms with Crippen molar-refractivity contribution in [3.8, 4) is 0 Å². The molecular formula is C9H9BrOS2. The summed E-state index contributed by atoms with van der Waals surface area (Å²) >= 11 is 11.7. The lowest BCUT2D eigenvalue weighted by Gasteiger charge is -2.09. The summed E-state index contributed by atoms with van der Waals surface area (Å²) < 4.78 is 0. The first-order valence-corrected chi connectivity index (χ1v) is 5.50. The molecule has 1 unspecified atom stereocenters. The fourth-order valence-corrected chi connectivity index (χ4v) is 2.19. The fourth-order valence-electron chi connectivity index (χ4n) is 0.965. The minimum absolute atomic E-state index is 0.0715. The summed E-state index contributed by atoms with van der Waals surface area (Å²) in [6, 6.07) is 5.51. The van der Waals surface area contributed by atoms with Crippen LogP contribution in [0.15, 0.2) is 28.0 Å². The molecule has 0 radical (unpaired) electrons. The Hall–Kier alpha value is 0.0700. The highest BCUT2D eigenvalue weighted by molar-refractivity contribution is 9.09. The molecule has 0 bridgehead atoms. The monoisotopic (exact) mass is 276 g/mol. The number of Topliss-reactive ketones (excluding diaryl/α,β-unsaturated/α-hetero) is 1. The van der Waals surface area contributed by atoms with E-state index in [1.165, 1.54) is 0 Å². The maximum atomic E-state index is 11.1. The number of rotatable bonds is 2. The van der Waals surface area contributed by atoms with E-state index in [-0.39, 0.29) is 10.6 Å².